The predicted octanol–water partition coefficient (Wildman–Crippen LogP) is 4.40. The summed E-state index contributed by atoms with van der Waals surface area (Å²) in [4.78, 5) is 4.59. The second kappa shape index (κ2) is 9.64. The molecule has 0 fully saturated rings. The fourth-order valence-electron chi connectivity index (χ4n) is 3.68. The molecule has 0 amide bonds. The number of nitrogens with zero attached hydrogens (tertiary/aromatic N) is 3. The molecular weight excluding hydrogens is 500 g/mol. The van der Waals surface area contributed by atoms with Crippen LogP contribution in [0.1, 0.15) is 5.56 Å². The summed E-state index contributed by atoms with van der Waals surface area (Å²) in [5.74, 6) is 0.118. The quantitative estimate of drug-likeness (QED) is 0.313. The van der Waals surface area contributed by atoms with Crippen LogP contribution in [0.3, 0.4) is 0 Å². The molecule has 2 radical (unpaired) electrons. The van der Waals surface area contributed by atoms with Crippen molar-refractivity contribution in [1.29, 1.82) is 0 Å². The van der Waals surface area contributed by atoms with E-state index in [2.05, 4.69) is 20.1 Å². The highest BCUT2D eigenvalue weighted by Crippen LogP contribution is 2.28. The van der Waals surface area contributed by atoms with Crippen molar-refractivity contribution in [1.82, 2.24) is 14.6 Å². The molecule has 178 valence electrons. The lowest BCUT2D eigenvalue weighted by Gasteiger charge is -2.13. The van der Waals surface area contributed by atoms with Crippen molar-refractivity contribution in [2.24, 2.45) is 0 Å². The maximum atomic E-state index is 13.2. The minimum atomic E-state index is -3.87. The minimum absolute atomic E-state index is 0.0324. The highest BCUT2D eigenvalue weighted by Gasteiger charge is 2.15. The van der Waals surface area contributed by atoms with Crippen LogP contribution in [0, 0.1) is 5.82 Å². The van der Waals surface area contributed by atoms with E-state index in [4.69, 9.17) is 19.4 Å². The van der Waals surface area contributed by atoms with E-state index in [-0.39, 0.29) is 4.90 Å². The molecule has 0 aliphatic carbocycles. The molecule has 0 saturated heterocycles. The lowest BCUT2D eigenvalue weighted by atomic mass is 10.0. The van der Waals surface area contributed by atoms with Gasteiger partial charge in [-0.2, -0.15) is 9.61 Å². The molecule has 2 aromatic heterocycles. The highest BCUT2D eigenvalue weighted by molar-refractivity contribution is 7.92. The first-order valence-electron chi connectivity index (χ1n) is 10.8. The summed E-state index contributed by atoms with van der Waals surface area (Å²) in [5, 5.41) is 8.18. The van der Waals surface area contributed by atoms with Gasteiger partial charge >= 0.3 is 0 Å². The Morgan fingerprint density at radius 1 is 1.00 bits per heavy atom. The first-order chi connectivity index (χ1) is 17.3. The van der Waals surface area contributed by atoms with E-state index in [0.29, 0.717) is 39.9 Å². The van der Waals surface area contributed by atoms with Gasteiger partial charge in [-0.1, -0.05) is 41.9 Å². The number of halogens is 2. The van der Waals surface area contributed by atoms with Crippen LogP contribution in [-0.4, -0.2) is 30.9 Å². The molecule has 0 bridgehead atoms. The third-order valence-corrected chi connectivity index (χ3v) is 7.15. The van der Waals surface area contributed by atoms with Gasteiger partial charge in [0.25, 0.3) is 10.0 Å². The smallest absolute Gasteiger partial charge is 0.261 e. The first kappa shape index (κ1) is 23.8. The Kier molecular flexibility index (Phi) is 6.38. The third-order valence-electron chi connectivity index (χ3n) is 5.43. The lowest BCUT2D eigenvalue weighted by Crippen LogP contribution is -2.13. The molecule has 0 aliphatic heterocycles. The zero-order chi connectivity index (χ0) is 25.3. The molecule has 5 aromatic rings. The number of hydrogen-bond donors (Lipinski definition) is 2. The van der Waals surface area contributed by atoms with Crippen LogP contribution in [0.5, 0.6) is 0 Å². The standard InChI is InChI=1S/C25H18BClFN5O2S/c26-21-15-30-33-24(13-23(31-25(21)33)20-6-1-2-7-22(20)27)29-14-16-4-3-5-18(12-16)32-36(34,35)19-10-8-17(28)9-11-19/h1-13,15,29,32H,14H2. The number of anilines is 2. The normalized spacial score (nSPS) is 11.5. The summed E-state index contributed by atoms with van der Waals surface area (Å²) in [6.07, 6.45) is 1.52. The van der Waals surface area contributed by atoms with E-state index < -0.39 is 15.8 Å². The van der Waals surface area contributed by atoms with E-state index >= 15 is 0 Å². The number of nitrogens with one attached hydrogen (secondary N) is 2. The van der Waals surface area contributed by atoms with Crippen LogP contribution in [-0.2, 0) is 16.6 Å². The lowest BCUT2D eigenvalue weighted by molar-refractivity contribution is 0.599. The molecule has 3 aromatic carbocycles. The van der Waals surface area contributed by atoms with Gasteiger partial charge in [0.15, 0.2) is 5.65 Å². The van der Waals surface area contributed by atoms with Crippen molar-refractivity contribution < 1.29 is 12.8 Å². The van der Waals surface area contributed by atoms with Gasteiger partial charge in [0.2, 0.25) is 0 Å². The molecule has 0 spiro atoms. The predicted molar refractivity (Wildman–Crippen MR) is 140 cm³/mol. The van der Waals surface area contributed by atoms with E-state index in [9.17, 15) is 12.8 Å². The SMILES string of the molecule is [B]c1cnn2c(NCc3cccc(NS(=O)(=O)c4ccc(F)cc4)c3)cc(-c3ccccc3Cl)nc12. The molecule has 2 N–H and O–H groups in total. The van der Waals surface area contributed by atoms with Crippen molar-refractivity contribution >= 4 is 52.1 Å². The molecule has 36 heavy (non-hydrogen) atoms. The second-order valence-electron chi connectivity index (χ2n) is 7.96. The van der Waals surface area contributed by atoms with Gasteiger partial charge in [0.1, 0.15) is 19.5 Å². The van der Waals surface area contributed by atoms with Crippen LogP contribution in [0.15, 0.2) is 90.0 Å². The van der Waals surface area contributed by atoms with Gasteiger partial charge in [-0.05, 0) is 53.5 Å². The molecule has 0 atom stereocenters. The Bertz CT molecular complexity index is 1680. The zero-order valence-electron chi connectivity index (χ0n) is 18.7. The number of rotatable bonds is 7. The fraction of sp³-hybridized carbons (Fsp3) is 0.0400. The summed E-state index contributed by atoms with van der Waals surface area (Å²) >= 11 is 6.38. The van der Waals surface area contributed by atoms with Crippen LogP contribution >= 0.6 is 11.6 Å². The van der Waals surface area contributed by atoms with Crippen molar-refractivity contribution in [3.63, 3.8) is 0 Å². The van der Waals surface area contributed by atoms with Crippen LogP contribution < -0.4 is 15.5 Å². The third kappa shape index (κ3) is 4.91. The fourth-order valence-corrected chi connectivity index (χ4v) is 4.96. The zero-order valence-corrected chi connectivity index (χ0v) is 20.3. The average molecular weight is 518 g/mol. The number of fused-ring (bicyclic) bond motifs is 1. The van der Waals surface area contributed by atoms with Gasteiger partial charge in [-0.25, -0.2) is 17.8 Å². The van der Waals surface area contributed by atoms with Crippen molar-refractivity contribution in [3.05, 3.63) is 101 Å². The maximum absolute atomic E-state index is 13.2. The summed E-state index contributed by atoms with van der Waals surface area (Å²) < 4.78 is 42.6. The first-order valence-corrected chi connectivity index (χ1v) is 12.7. The topological polar surface area (TPSA) is 88.4 Å². The minimum Gasteiger partial charge on any atom is -0.366 e. The molecule has 0 saturated carbocycles. The molecule has 7 nitrogen and oxygen atoms in total. The van der Waals surface area contributed by atoms with E-state index in [1.807, 2.05) is 30.3 Å². The maximum Gasteiger partial charge on any atom is 0.261 e. The van der Waals surface area contributed by atoms with Crippen molar-refractivity contribution in [3.8, 4) is 11.3 Å². The Balaban J connectivity index is 1.40. The van der Waals surface area contributed by atoms with Gasteiger partial charge in [0.05, 0.1) is 10.6 Å². The molecule has 11 heteroatoms. The second-order valence-corrected chi connectivity index (χ2v) is 10.0. The van der Waals surface area contributed by atoms with Gasteiger partial charge in [-0.15, -0.1) is 0 Å². The summed E-state index contributed by atoms with van der Waals surface area (Å²) in [7, 11) is 2.21. The molecule has 0 aliphatic rings. The van der Waals surface area contributed by atoms with Gasteiger partial charge in [-0.3, -0.25) is 4.72 Å². The van der Waals surface area contributed by atoms with E-state index in [0.717, 1.165) is 23.3 Å². The molecule has 2 heterocycles. The summed E-state index contributed by atoms with van der Waals surface area (Å²) in [6, 6.07) is 20.8. The van der Waals surface area contributed by atoms with Gasteiger partial charge in [0, 0.05) is 35.1 Å². The monoisotopic (exact) mass is 517 g/mol. The van der Waals surface area contributed by atoms with Crippen LogP contribution in [0.25, 0.3) is 16.9 Å². The Morgan fingerprint density at radius 3 is 2.56 bits per heavy atom. The number of hydrogen-bond acceptors (Lipinski definition) is 5. The Hall–Kier alpha value is -3.89. The number of aromatic nitrogens is 3. The number of benzene rings is 3. The average Bonchev–Trinajstić information content (AvgIpc) is 3.24. The van der Waals surface area contributed by atoms with Gasteiger partial charge < -0.3 is 5.32 Å². The Labute approximate surface area is 213 Å². The van der Waals surface area contributed by atoms with Crippen LogP contribution in [0.4, 0.5) is 15.9 Å². The number of sulfonamides is 1. The van der Waals surface area contributed by atoms with Crippen molar-refractivity contribution in [2.75, 3.05) is 10.0 Å². The van der Waals surface area contributed by atoms with E-state index in [1.165, 1.54) is 18.3 Å². The molecule has 0 unspecified atom stereocenters. The summed E-state index contributed by atoms with van der Waals surface area (Å²) in [6.45, 7) is 0.354. The molecule has 5 rings (SSSR count). The summed E-state index contributed by atoms with van der Waals surface area (Å²) in [5.41, 5.74) is 3.46. The Morgan fingerprint density at radius 2 is 1.78 bits per heavy atom. The van der Waals surface area contributed by atoms with Crippen molar-refractivity contribution in [2.45, 2.75) is 11.4 Å². The largest absolute Gasteiger partial charge is 0.366 e. The highest BCUT2D eigenvalue weighted by atomic mass is 35.5. The van der Waals surface area contributed by atoms with E-state index in [1.54, 1.807) is 28.8 Å². The van der Waals surface area contributed by atoms with Crippen LogP contribution in [0.2, 0.25) is 5.02 Å². The molecular formula is C25H18BClFN5O2S.